The lowest BCUT2D eigenvalue weighted by atomic mass is 10.2. The van der Waals surface area contributed by atoms with Gasteiger partial charge in [0.2, 0.25) is 0 Å². The molecule has 1 aromatic heterocycles. The number of thiazole rings is 1. The van der Waals surface area contributed by atoms with Crippen LogP contribution in [0.15, 0.2) is 29.6 Å². The molecule has 1 aliphatic heterocycles. The van der Waals surface area contributed by atoms with Gasteiger partial charge < -0.3 is 10.2 Å². The quantitative estimate of drug-likeness (QED) is 0.684. The maximum absolute atomic E-state index is 12.5. The standard InChI is InChI=1S/C15H16N4O3S/c1-18(12-5-6-16-8-12)15(20)13-9-23-14(17-13)10-3-2-4-11(7-10)19(21)22/h2-4,7,9,12,16H,5-6,8H2,1H3. The summed E-state index contributed by atoms with van der Waals surface area (Å²) in [7, 11) is 1.78. The largest absolute Gasteiger partial charge is 0.336 e. The van der Waals surface area contributed by atoms with Gasteiger partial charge in [0, 0.05) is 42.7 Å². The number of likely N-dealkylation sites (N-methyl/N-ethyl adjacent to an activating group) is 1. The number of carbonyl (C=O) groups excluding carboxylic acids is 1. The van der Waals surface area contributed by atoms with Gasteiger partial charge in [0.15, 0.2) is 0 Å². The molecule has 1 aromatic carbocycles. The number of carbonyl (C=O) groups is 1. The summed E-state index contributed by atoms with van der Waals surface area (Å²) >= 11 is 1.31. The highest BCUT2D eigenvalue weighted by molar-refractivity contribution is 7.13. The van der Waals surface area contributed by atoms with E-state index >= 15 is 0 Å². The first kappa shape index (κ1) is 15.6. The number of nitro groups is 1. The molecule has 1 saturated heterocycles. The van der Waals surface area contributed by atoms with Crippen molar-refractivity contribution in [3.63, 3.8) is 0 Å². The second-order valence-corrected chi connectivity index (χ2v) is 6.27. The van der Waals surface area contributed by atoms with Crippen molar-refractivity contribution in [1.29, 1.82) is 0 Å². The number of benzene rings is 1. The van der Waals surface area contributed by atoms with E-state index in [-0.39, 0.29) is 17.6 Å². The zero-order valence-electron chi connectivity index (χ0n) is 12.6. The van der Waals surface area contributed by atoms with Crippen molar-refractivity contribution < 1.29 is 9.72 Å². The van der Waals surface area contributed by atoms with E-state index in [1.807, 2.05) is 0 Å². The molecule has 8 heteroatoms. The van der Waals surface area contributed by atoms with E-state index in [9.17, 15) is 14.9 Å². The smallest absolute Gasteiger partial charge is 0.273 e. The molecule has 0 bridgehead atoms. The average Bonchev–Trinajstić information content (AvgIpc) is 3.25. The monoisotopic (exact) mass is 332 g/mol. The molecule has 120 valence electrons. The van der Waals surface area contributed by atoms with Gasteiger partial charge in [0.05, 0.1) is 4.92 Å². The van der Waals surface area contributed by atoms with E-state index in [0.29, 0.717) is 16.3 Å². The molecule has 0 radical (unpaired) electrons. The number of nitrogens with one attached hydrogen (secondary N) is 1. The maximum Gasteiger partial charge on any atom is 0.273 e. The van der Waals surface area contributed by atoms with Crippen molar-refractivity contribution in [3.05, 3.63) is 45.5 Å². The summed E-state index contributed by atoms with van der Waals surface area (Å²) in [4.78, 5) is 29.0. The van der Waals surface area contributed by atoms with Crippen molar-refractivity contribution in [3.8, 4) is 10.6 Å². The Morgan fingerprint density at radius 2 is 2.35 bits per heavy atom. The molecule has 1 amide bonds. The third-order valence-electron chi connectivity index (χ3n) is 3.93. The number of rotatable bonds is 4. The third-order valence-corrected chi connectivity index (χ3v) is 4.82. The van der Waals surface area contributed by atoms with Crippen LogP contribution in [0.4, 0.5) is 5.69 Å². The van der Waals surface area contributed by atoms with Crippen molar-refractivity contribution in [2.24, 2.45) is 0 Å². The summed E-state index contributed by atoms with van der Waals surface area (Å²) < 4.78 is 0. The molecule has 1 unspecified atom stereocenters. The molecule has 2 heterocycles. The number of hydrogen-bond acceptors (Lipinski definition) is 6. The Morgan fingerprint density at radius 1 is 1.52 bits per heavy atom. The third kappa shape index (κ3) is 3.22. The molecule has 0 saturated carbocycles. The van der Waals surface area contributed by atoms with Gasteiger partial charge in [-0.25, -0.2) is 4.98 Å². The molecule has 0 spiro atoms. The first-order valence-electron chi connectivity index (χ1n) is 7.24. The minimum atomic E-state index is -0.440. The van der Waals surface area contributed by atoms with Crippen LogP contribution in [0, 0.1) is 10.1 Å². The Hall–Kier alpha value is -2.32. The Morgan fingerprint density at radius 3 is 3.04 bits per heavy atom. The predicted molar refractivity (Wildman–Crippen MR) is 87.6 cm³/mol. The van der Waals surface area contributed by atoms with Gasteiger partial charge in [-0.05, 0) is 13.0 Å². The molecule has 1 fully saturated rings. The fraction of sp³-hybridized carbons (Fsp3) is 0.333. The zero-order valence-corrected chi connectivity index (χ0v) is 13.4. The molecule has 3 rings (SSSR count). The highest BCUT2D eigenvalue weighted by Crippen LogP contribution is 2.27. The minimum absolute atomic E-state index is 0.0136. The summed E-state index contributed by atoms with van der Waals surface area (Å²) in [6.45, 7) is 1.71. The Kier molecular flexibility index (Phi) is 4.35. The Labute approximate surface area is 137 Å². The van der Waals surface area contributed by atoms with Crippen LogP contribution in [0.5, 0.6) is 0 Å². The van der Waals surface area contributed by atoms with E-state index in [4.69, 9.17) is 0 Å². The van der Waals surface area contributed by atoms with E-state index in [2.05, 4.69) is 10.3 Å². The second-order valence-electron chi connectivity index (χ2n) is 5.41. The number of nitro benzene ring substituents is 1. The predicted octanol–water partition coefficient (Wildman–Crippen LogP) is 2.15. The Bertz CT molecular complexity index is 740. The van der Waals surface area contributed by atoms with Crippen LogP contribution in [0.1, 0.15) is 16.9 Å². The fourth-order valence-electron chi connectivity index (χ4n) is 2.57. The number of hydrogen-bond donors (Lipinski definition) is 1. The van der Waals surface area contributed by atoms with Gasteiger partial charge in [0.1, 0.15) is 10.7 Å². The second kappa shape index (κ2) is 6.43. The lowest BCUT2D eigenvalue weighted by Crippen LogP contribution is -2.38. The normalized spacial score (nSPS) is 17.2. The average molecular weight is 332 g/mol. The highest BCUT2D eigenvalue weighted by atomic mass is 32.1. The molecule has 1 N–H and O–H groups in total. The van der Waals surface area contributed by atoms with Crippen molar-refractivity contribution in [2.75, 3.05) is 20.1 Å². The number of amides is 1. The van der Waals surface area contributed by atoms with Crippen LogP contribution in [-0.4, -0.2) is 46.9 Å². The zero-order chi connectivity index (χ0) is 16.4. The summed E-state index contributed by atoms with van der Waals surface area (Å²) in [5, 5.41) is 16.4. The van der Waals surface area contributed by atoms with Crippen LogP contribution >= 0.6 is 11.3 Å². The number of non-ortho nitro benzene ring substituents is 1. The molecular formula is C15H16N4O3S. The number of aromatic nitrogens is 1. The van der Waals surface area contributed by atoms with Gasteiger partial charge in [-0.3, -0.25) is 14.9 Å². The van der Waals surface area contributed by atoms with Crippen LogP contribution in [0.2, 0.25) is 0 Å². The summed E-state index contributed by atoms with van der Waals surface area (Å²) in [5.41, 5.74) is 1.04. The van der Waals surface area contributed by atoms with E-state index in [0.717, 1.165) is 19.5 Å². The Balaban J connectivity index is 1.81. The summed E-state index contributed by atoms with van der Waals surface area (Å²) in [5.74, 6) is -0.119. The van der Waals surface area contributed by atoms with Gasteiger partial charge >= 0.3 is 0 Å². The topological polar surface area (TPSA) is 88.4 Å². The van der Waals surface area contributed by atoms with Crippen LogP contribution in [0.25, 0.3) is 10.6 Å². The van der Waals surface area contributed by atoms with E-state index < -0.39 is 4.92 Å². The van der Waals surface area contributed by atoms with Crippen LogP contribution in [-0.2, 0) is 0 Å². The van der Waals surface area contributed by atoms with Gasteiger partial charge in [-0.15, -0.1) is 11.3 Å². The van der Waals surface area contributed by atoms with Crippen molar-refractivity contribution in [1.82, 2.24) is 15.2 Å². The SMILES string of the molecule is CN(C(=O)c1csc(-c2cccc([N+](=O)[O-])c2)n1)C1CCNC1. The molecular weight excluding hydrogens is 316 g/mol. The minimum Gasteiger partial charge on any atom is -0.336 e. The maximum atomic E-state index is 12.5. The van der Waals surface area contributed by atoms with Gasteiger partial charge in [-0.2, -0.15) is 0 Å². The van der Waals surface area contributed by atoms with E-state index in [1.165, 1.54) is 23.5 Å². The van der Waals surface area contributed by atoms with Gasteiger partial charge in [-0.1, -0.05) is 12.1 Å². The van der Waals surface area contributed by atoms with Crippen molar-refractivity contribution >= 4 is 22.9 Å². The summed E-state index contributed by atoms with van der Waals surface area (Å²) in [6, 6.07) is 6.46. The molecule has 2 aromatic rings. The number of nitrogens with zero attached hydrogens (tertiary/aromatic N) is 3. The molecule has 0 aliphatic carbocycles. The van der Waals surface area contributed by atoms with Crippen LogP contribution in [0.3, 0.4) is 0 Å². The van der Waals surface area contributed by atoms with Gasteiger partial charge in [0.25, 0.3) is 11.6 Å². The molecule has 7 nitrogen and oxygen atoms in total. The van der Waals surface area contributed by atoms with Crippen LogP contribution < -0.4 is 5.32 Å². The molecule has 23 heavy (non-hydrogen) atoms. The summed E-state index contributed by atoms with van der Waals surface area (Å²) in [6.07, 6.45) is 0.935. The first-order valence-corrected chi connectivity index (χ1v) is 8.12. The van der Waals surface area contributed by atoms with E-state index in [1.54, 1.807) is 29.5 Å². The first-order chi connectivity index (χ1) is 11.1. The molecule has 1 aliphatic rings. The lowest BCUT2D eigenvalue weighted by Gasteiger charge is -2.22. The highest BCUT2D eigenvalue weighted by Gasteiger charge is 2.25. The fourth-order valence-corrected chi connectivity index (χ4v) is 3.36. The van der Waals surface area contributed by atoms with Crippen molar-refractivity contribution in [2.45, 2.75) is 12.5 Å². The molecule has 1 atom stereocenters. The lowest BCUT2D eigenvalue weighted by molar-refractivity contribution is -0.384.